The van der Waals surface area contributed by atoms with Gasteiger partial charge in [-0.1, -0.05) is 24.3 Å². The fraction of sp³-hybridized carbons (Fsp3) is 0.0769. The van der Waals surface area contributed by atoms with Crippen LogP contribution in [0.1, 0.15) is 10.9 Å². The molecule has 1 atom stereocenters. The average Bonchev–Trinajstić information content (AvgIpc) is 2.38. The number of hydrogen-bond acceptors (Lipinski definition) is 3. The third-order valence-electron chi connectivity index (χ3n) is 2.21. The van der Waals surface area contributed by atoms with Gasteiger partial charge in [-0.2, -0.15) is 0 Å². The van der Waals surface area contributed by atoms with Crippen LogP contribution in [-0.2, 0) is 4.79 Å². The number of rotatable bonds is 4. The molecule has 1 amide bonds. The number of thioether (sulfide) groups is 1. The third kappa shape index (κ3) is 3.75. The smallest absolute Gasteiger partial charge is 0.237 e. The molecule has 0 saturated carbocycles. The van der Waals surface area contributed by atoms with Gasteiger partial charge in [0.1, 0.15) is 5.25 Å². The Morgan fingerprint density at radius 1 is 1.11 bits per heavy atom. The number of primary amides is 1. The van der Waals surface area contributed by atoms with Gasteiger partial charge in [0.15, 0.2) is 0 Å². The second-order valence-electron chi connectivity index (χ2n) is 3.47. The van der Waals surface area contributed by atoms with Crippen LogP contribution in [0.25, 0.3) is 0 Å². The summed E-state index contributed by atoms with van der Waals surface area (Å²) in [5.74, 6) is -0.377. The highest BCUT2D eigenvalue weighted by Gasteiger charge is 2.20. The number of hydrogen-bond donors (Lipinski definition) is 1. The maximum atomic E-state index is 11.5. The number of pyridine rings is 1. The van der Waals surface area contributed by atoms with Gasteiger partial charge >= 0.3 is 0 Å². The quantitative estimate of drug-likeness (QED) is 0.876. The number of aromatic nitrogens is 1. The predicted octanol–water partition coefficient (Wildman–Crippen LogP) is 2.82. The van der Waals surface area contributed by atoms with Crippen LogP contribution in [-0.4, -0.2) is 10.9 Å². The molecular weight excluding hydrogens is 268 g/mol. The number of halogens is 1. The summed E-state index contributed by atoms with van der Waals surface area (Å²) < 4.78 is 0. The standard InChI is InChI=1S/C13H12N2OS.ClH/c14-13(16)12(11-8-4-5-9-15-11)17-10-6-2-1-3-7-10;/h1-9,12H,(H2,14,16);1H. The van der Waals surface area contributed by atoms with E-state index in [1.54, 1.807) is 6.20 Å². The molecule has 2 rings (SSSR count). The molecule has 0 aliphatic carbocycles. The van der Waals surface area contributed by atoms with E-state index >= 15 is 0 Å². The lowest BCUT2D eigenvalue weighted by molar-refractivity contribution is -0.117. The second kappa shape index (κ2) is 7.03. The van der Waals surface area contributed by atoms with Crippen molar-refractivity contribution in [2.24, 2.45) is 5.73 Å². The summed E-state index contributed by atoms with van der Waals surface area (Å²) in [6.07, 6.45) is 1.66. The van der Waals surface area contributed by atoms with Gasteiger partial charge in [-0.15, -0.1) is 24.2 Å². The Morgan fingerprint density at radius 3 is 2.33 bits per heavy atom. The minimum Gasteiger partial charge on any atom is -0.368 e. The highest BCUT2D eigenvalue weighted by atomic mass is 35.5. The van der Waals surface area contributed by atoms with Crippen LogP contribution in [0.4, 0.5) is 0 Å². The number of benzene rings is 1. The molecule has 2 N–H and O–H groups in total. The predicted molar refractivity (Wildman–Crippen MR) is 75.7 cm³/mol. The number of nitrogens with zero attached hydrogens (tertiary/aromatic N) is 1. The van der Waals surface area contributed by atoms with Crippen molar-refractivity contribution in [2.75, 3.05) is 0 Å². The normalized spacial score (nSPS) is 11.3. The summed E-state index contributed by atoms with van der Waals surface area (Å²) in [5.41, 5.74) is 6.11. The molecule has 94 valence electrons. The van der Waals surface area contributed by atoms with Gasteiger partial charge in [0.25, 0.3) is 0 Å². The Bertz CT molecular complexity index is 493. The van der Waals surface area contributed by atoms with Crippen molar-refractivity contribution in [3.63, 3.8) is 0 Å². The van der Waals surface area contributed by atoms with Crippen molar-refractivity contribution in [3.8, 4) is 0 Å². The molecule has 0 spiro atoms. The second-order valence-corrected chi connectivity index (χ2v) is 4.65. The van der Waals surface area contributed by atoms with E-state index in [1.807, 2.05) is 48.5 Å². The molecule has 3 nitrogen and oxygen atoms in total. The largest absolute Gasteiger partial charge is 0.368 e. The van der Waals surface area contributed by atoms with Crippen molar-refractivity contribution in [2.45, 2.75) is 10.1 Å². The lowest BCUT2D eigenvalue weighted by atomic mass is 10.2. The molecule has 1 aromatic carbocycles. The first-order valence-electron chi connectivity index (χ1n) is 5.19. The molecule has 0 fully saturated rings. The van der Waals surface area contributed by atoms with Crippen LogP contribution in [0.2, 0.25) is 0 Å². The maximum Gasteiger partial charge on any atom is 0.237 e. The highest BCUT2D eigenvalue weighted by Crippen LogP contribution is 2.33. The van der Waals surface area contributed by atoms with E-state index in [9.17, 15) is 4.79 Å². The number of carbonyl (C=O) groups is 1. The van der Waals surface area contributed by atoms with Gasteiger partial charge in [-0.3, -0.25) is 9.78 Å². The Kier molecular flexibility index (Phi) is 5.68. The summed E-state index contributed by atoms with van der Waals surface area (Å²) >= 11 is 1.41. The van der Waals surface area contributed by atoms with E-state index < -0.39 is 5.25 Å². The average molecular weight is 281 g/mol. The van der Waals surface area contributed by atoms with Gasteiger partial charge < -0.3 is 5.73 Å². The Hall–Kier alpha value is -1.52. The zero-order valence-corrected chi connectivity index (χ0v) is 11.2. The van der Waals surface area contributed by atoms with Crippen molar-refractivity contribution in [3.05, 3.63) is 60.4 Å². The molecular formula is C13H13ClN2OS. The van der Waals surface area contributed by atoms with Crippen LogP contribution >= 0.6 is 24.2 Å². The van der Waals surface area contributed by atoms with E-state index in [-0.39, 0.29) is 18.3 Å². The summed E-state index contributed by atoms with van der Waals surface area (Å²) in [5, 5.41) is -0.446. The highest BCUT2D eigenvalue weighted by molar-refractivity contribution is 8.00. The van der Waals surface area contributed by atoms with E-state index in [2.05, 4.69) is 4.98 Å². The van der Waals surface area contributed by atoms with E-state index in [0.717, 1.165) is 4.90 Å². The van der Waals surface area contributed by atoms with Crippen molar-refractivity contribution >= 4 is 30.1 Å². The van der Waals surface area contributed by atoms with Gasteiger partial charge in [-0.25, -0.2) is 0 Å². The van der Waals surface area contributed by atoms with Gasteiger partial charge in [0.2, 0.25) is 5.91 Å². The van der Waals surface area contributed by atoms with E-state index in [0.29, 0.717) is 5.69 Å². The topological polar surface area (TPSA) is 56.0 Å². The third-order valence-corrected chi connectivity index (χ3v) is 3.47. The molecule has 0 aliphatic rings. The fourth-order valence-electron chi connectivity index (χ4n) is 1.43. The van der Waals surface area contributed by atoms with E-state index in [1.165, 1.54) is 11.8 Å². The maximum absolute atomic E-state index is 11.5. The summed E-state index contributed by atoms with van der Waals surface area (Å²) in [4.78, 5) is 16.6. The first-order chi connectivity index (χ1) is 8.27. The number of amides is 1. The SMILES string of the molecule is Cl.NC(=O)C(Sc1ccccc1)c1ccccn1. The van der Waals surface area contributed by atoms with Crippen molar-refractivity contribution < 1.29 is 4.79 Å². The minimum absolute atomic E-state index is 0. The minimum atomic E-state index is -0.446. The first-order valence-corrected chi connectivity index (χ1v) is 6.07. The molecule has 2 aromatic rings. The molecule has 0 radical (unpaired) electrons. The molecule has 1 heterocycles. The molecule has 18 heavy (non-hydrogen) atoms. The van der Waals surface area contributed by atoms with E-state index in [4.69, 9.17) is 5.73 Å². The van der Waals surface area contributed by atoms with Gasteiger partial charge in [-0.05, 0) is 24.3 Å². The van der Waals surface area contributed by atoms with Crippen LogP contribution < -0.4 is 5.73 Å². The molecule has 5 heteroatoms. The Balaban J connectivity index is 0.00000162. The Morgan fingerprint density at radius 2 is 1.78 bits per heavy atom. The molecule has 0 aliphatic heterocycles. The Labute approximate surface area is 116 Å². The van der Waals surface area contributed by atoms with Crippen molar-refractivity contribution in [1.29, 1.82) is 0 Å². The zero-order chi connectivity index (χ0) is 12.1. The molecule has 0 saturated heterocycles. The molecule has 0 bridgehead atoms. The lowest BCUT2D eigenvalue weighted by Crippen LogP contribution is -2.19. The summed E-state index contributed by atoms with van der Waals surface area (Å²) in [6, 6.07) is 15.2. The van der Waals surface area contributed by atoms with Gasteiger partial charge in [0, 0.05) is 11.1 Å². The first kappa shape index (κ1) is 14.5. The van der Waals surface area contributed by atoms with Crippen LogP contribution in [0.3, 0.4) is 0 Å². The van der Waals surface area contributed by atoms with Gasteiger partial charge in [0.05, 0.1) is 5.69 Å². The number of carbonyl (C=O) groups excluding carboxylic acids is 1. The monoisotopic (exact) mass is 280 g/mol. The molecule has 1 aromatic heterocycles. The van der Waals surface area contributed by atoms with Crippen LogP contribution in [0.5, 0.6) is 0 Å². The summed E-state index contributed by atoms with van der Waals surface area (Å²) in [7, 11) is 0. The van der Waals surface area contributed by atoms with Crippen molar-refractivity contribution in [1.82, 2.24) is 4.98 Å². The zero-order valence-electron chi connectivity index (χ0n) is 9.52. The fourth-order valence-corrected chi connectivity index (χ4v) is 2.39. The lowest BCUT2D eigenvalue weighted by Gasteiger charge is -2.12. The van der Waals surface area contributed by atoms with Crippen LogP contribution in [0.15, 0.2) is 59.6 Å². The van der Waals surface area contributed by atoms with Crippen LogP contribution in [0, 0.1) is 0 Å². The summed E-state index contributed by atoms with van der Waals surface area (Å²) in [6.45, 7) is 0. The number of nitrogens with two attached hydrogens (primary N) is 1. The molecule has 1 unspecified atom stereocenters.